The first-order chi connectivity index (χ1) is 15.0. The largest absolute Gasteiger partial charge is 0.434 e. The molecule has 32 heavy (non-hydrogen) atoms. The lowest BCUT2D eigenvalue weighted by atomic mass is 9.48. The molecule has 0 radical (unpaired) electrons. The fraction of sp³-hybridized carbons (Fsp3) is 0.696. The maximum Gasteiger partial charge on any atom is 0.434 e. The summed E-state index contributed by atoms with van der Waals surface area (Å²) in [6.45, 7) is 10.7. The molecule has 2 atom stereocenters. The third-order valence-corrected chi connectivity index (χ3v) is 7.50. The first kappa shape index (κ1) is 22.8. The Labute approximate surface area is 185 Å². The molecule has 6 nitrogen and oxygen atoms in total. The molecule has 0 aliphatic heterocycles. The fourth-order valence-electron chi connectivity index (χ4n) is 6.30. The number of hydrogen-bond donors (Lipinski definition) is 2. The van der Waals surface area contributed by atoms with E-state index in [4.69, 9.17) is 6.57 Å². The van der Waals surface area contributed by atoms with Crippen LogP contribution < -0.4 is 5.32 Å². The molecule has 0 aromatic carbocycles. The van der Waals surface area contributed by atoms with Gasteiger partial charge in [0.25, 0.3) is 5.91 Å². The van der Waals surface area contributed by atoms with E-state index in [0.717, 1.165) is 38.3 Å². The number of rotatable bonds is 6. The lowest BCUT2D eigenvalue weighted by Crippen LogP contribution is -2.60. The molecule has 4 aliphatic rings. The van der Waals surface area contributed by atoms with Crippen molar-refractivity contribution in [3.05, 3.63) is 34.9 Å². The summed E-state index contributed by atoms with van der Waals surface area (Å²) in [6.07, 6.45) is 3.43. The number of aliphatic hydroxyl groups is 1. The second kappa shape index (κ2) is 7.91. The monoisotopic (exact) mass is 450 g/mol. The summed E-state index contributed by atoms with van der Waals surface area (Å²) in [4.78, 5) is 16.3. The number of carbonyl (C=O) groups excluding carboxylic acids is 1. The minimum absolute atomic E-state index is 0.0807. The molecule has 0 saturated heterocycles. The third-order valence-electron chi connectivity index (χ3n) is 7.50. The number of nitrogens with one attached hydrogen (secondary N) is 1. The highest BCUT2D eigenvalue weighted by Crippen LogP contribution is 2.59. The van der Waals surface area contributed by atoms with E-state index in [-0.39, 0.29) is 36.4 Å². The zero-order valence-corrected chi connectivity index (χ0v) is 18.3. The van der Waals surface area contributed by atoms with Gasteiger partial charge >= 0.3 is 6.18 Å². The molecular formula is C23H29F3N4O2. The molecule has 174 valence electrons. The third kappa shape index (κ3) is 4.17. The minimum Gasteiger partial charge on any atom is -0.396 e. The SMILES string of the molecule is [C-]#[N+]CC(C)(C)/C=C/n1ncc(C(=O)N[C@H]2C3CC4CC2C[C@](CO)(C4)C3)c1C(F)(F)F. The van der Waals surface area contributed by atoms with Gasteiger partial charge in [-0.25, -0.2) is 11.3 Å². The molecule has 2 unspecified atom stereocenters. The van der Waals surface area contributed by atoms with Crippen molar-refractivity contribution in [1.29, 1.82) is 0 Å². The van der Waals surface area contributed by atoms with E-state index in [1.165, 1.54) is 12.3 Å². The maximum absolute atomic E-state index is 13.9. The van der Waals surface area contributed by atoms with Crippen molar-refractivity contribution in [3.8, 4) is 0 Å². The molecule has 5 rings (SSSR count). The van der Waals surface area contributed by atoms with Gasteiger partial charge < -0.3 is 15.3 Å². The summed E-state index contributed by atoms with van der Waals surface area (Å²) >= 11 is 0. The fourth-order valence-corrected chi connectivity index (χ4v) is 6.30. The average molecular weight is 451 g/mol. The van der Waals surface area contributed by atoms with Crippen LogP contribution in [0.4, 0.5) is 13.2 Å². The van der Waals surface area contributed by atoms with Crippen LogP contribution in [0, 0.1) is 35.2 Å². The van der Waals surface area contributed by atoms with Crippen LogP contribution in [0.5, 0.6) is 0 Å². The van der Waals surface area contributed by atoms with E-state index in [0.29, 0.717) is 10.6 Å². The predicted octanol–water partition coefficient (Wildman–Crippen LogP) is 4.24. The summed E-state index contributed by atoms with van der Waals surface area (Å²) in [7, 11) is 0. The highest BCUT2D eigenvalue weighted by Gasteiger charge is 2.55. The van der Waals surface area contributed by atoms with E-state index in [2.05, 4.69) is 15.3 Å². The Balaban J connectivity index is 1.56. The Bertz CT molecular complexity index is 943. The van der Waals surface area contributed by atoms with E-state index >= 15 is 0 Å². The van der Waals surface area contributed by atoms with E-state index in [1.54, 1.807) is 13.8 Å². The normalized spacial score (nSPS) is 31.8. The van der Waals surface area contributed by atoms with Gasteiger partial charge in [0.1, 0.15) is 0 Å². The predicted molar refractivity (Wildman–Crippen MR) is 112 cm³/mol. The smallest absolute Gasteiger partial charge is 0.396 e. The Morgan fingerprint density at radius 2 is 2.00 bits per heavy atom. The summed E-state index contributed by atoms with van der Waals surface area (Å²) in [5.74, 6) is 0.158. The summed E-state index contributed by atoms with van der Waals surface area (Å²) in [6, 6.07) is -0.170. The molecule has 1 aromatic rings. The molecular weight excluding hydrogens is 421 g/mol. The van der Waals surface area contributed by atoms with Crippen LogP contribution in [0.25, 0.3) is 11.0 Å². The molecule has 1 aromatic heterocycles. The van der Waals surface area contributed by atoms with Gasteiger partial charge in [-0.05, 0) is 69.1 Å². The van der Waals surface area contributed by atoms with Crippen LogP contribution in [-0.4, -0.2) is 40.0 Å². The Kier molecular flexibility index (Phi) is 5.64. The molecule has 1 heterocycles. The average Bonchev–Trinajstić information content (AvgIpc) is 3.13. The van der Waals surface area contributed by atoms with Crippen LogP contribution in [-0.2, 0) is 6.18 Å². The van der Waals surface area contributed by atoms with Gasteiger partial charge in [0.2, 0.25) is 6.54 Å². The van der Waals surface area contributed by atoms with Gasteiger partial charge in [0.05, 0.1) is 17.2 Å². The number of carbonyl (C=O) groups is 1. The Morgan fingerprint density at radius 3 is 2.56 bits per heavy atom. The lowest BCUT2D eigenvalue weighted by Gasteiger charge is -2.59. The number of alkyl halides is 3. The number of amides is 1. The van der Waals surface area contributed by atoms with E-state index in [9.17, 15) is 23.1 Å². The van der Waals surface area contributed by atoms with Crippen LogP contribution in [0.15, 0.2) is 12.3 Å². The first-order valence-electron chi connectivity index (χ1n) is 11.1. The van der Waals surface area contributed by atoms with Gasteiger partial charge in [0, 0.05) is 18.8 Å². The van der Waals surface area contributed by atoms with Crippen molar-refractivity contribution in [1.82, 2.24) is 15.1 Å². The molecule has 4 fully saturated rings. The van der Waals surface area contributed by atoms with Gasteiger partial charge in [-0.1, -0.05) is 6.08 Å². The summed E-state index contributed by atoms with van der Waals surface area (Å²) < 4.78 is 42.3. The standard InChI is InChI=1S/C23H29F3N4O2/c1-21(2,12-27-3)4-5-30-19(23(24,25)26)17(11-28-30)20(32)29-18-15-6-14-7-16(18)10-22(8-14,9-15)13-31/h4-5,11,14-16,18,31H,6-10,12-13H2,1-2H3,(H,29,32)/b5-4+/t14?,15?,16?,18-,22-. The molecule has 2 N–H and O–H groups in total. The van der Waals surface area contributed by atoms with Crippen molar-refractivity contribution in [2.45, 2.75) is 58.2 Å². The zero-order chi connectivity index (χ0) is 23.3. The van der Waals surface area contributed by atoms with E-state index in [1.807, 2.05) is 0 Å². The van der Waals surface area contributed by atoms with Gasteiger partial charge in [0.15, 0.2) is 5.69 Å². The van der Waals surface area contributed by atoms with Crippen molar-refractivity contribution in [2.75, 3.05) is 13.2 Å². The molecule has 9 heteroatoms. The summed E-state index contributed by atoms with van der Waals surface area (Å²) in [5, 5.41) is 16.6. The molecule has 1 amide bonds. The molecule has 4 saturated carbocycles. The van der Waals surface area contributed by atoms with Gasteiger partial charge in [-0.2, -0.15) is 18.3 Å². The zero-order valence-electron chi connectivity index (χ0n) is 18.3. The molecule has 4 bridgehead atoms. The first-order valence-corrected chi connectivity index (χ1v) is 11.1. The molecule has 4 aliphatic carbocycles. The van der Waals surface area contributed by atoms with Gasteiger partial charge in [-0.3, -0.25) is 4.79 Å². The van der Waals surface area contributed by atoms with E-state index < -0.39 is 28.8 Å². The maximum atomic E-state index is 13.9. The lowest BCUT2D eigenvalue weighted by molar-refractivity contribution is -0.142. The second-order valence-electron chi connectivity index (χ2n) is 10.6. The highest BCUT2D eigenvalue weighted by molar-refractivity contribution is 5.95. The number of aliphatic hydroxyl groups excluding tert-OH is 1. The number of nitrogens with zero attached hydrogens (tertiary/aromatic N) is 3. The van der Waals surface area contributed by atoms with Crippen molar-refractivity contribution < 1.29 is 23.1 Å². The van der Waals surface area contributed by atoms with Crippen molar-refractivity contribution >= 4 is 12.1 Å². The number of halogens is 3. The van der Waals surface area contributed by atoms with Crippen LogP contribution >= 0.6 is 0 Å². The topological polar surface area (TPSA) is 71.5 Å². The van der Waals surface area contributed by atoms with Crippen LogP contribution in [0.2, 0.25) is 0 Å². The quantitative estimate of drug-likeness (QED) is 0.637. The minimum atomic E-state index is -4.76. The van der Waals surface area contributed by atoms with Crippen LogP contribution in [0.3, 0.4) is 0 Å². The van der Waals surface area contributed by atoms with Crippen molar-refractivity contribution in [3.63, 3.8) is 0 Å². The Morgan fingerprint density at radius 1 is 1.34 bits per heavy atom. The van der Waals surface area contributed by atoms with Crippen molar-refractivity contribution in [2.24, 2.45) is 28.6 Å². The number of hydrogen-bond acceptors (Lipinski definition) is 3. The molecule has 0 spiro atoms. The van der Waals surface area contributed by atoms with Gasteiger partial charge in [-0.15, -0.1) is 0 Å². The number of aromatic nitrogens is 2. The Hall–Kier alpha value is -2.34. The highest BCUT2D eigenvalue weighted by atomic mass is 19.4. The summed E-state index contributed by atoms with van der Waals surface area (Å²) in [5.41, 5.74) is -2.30. The van der Waals surface area contributed by atoms with Crippen LogP contribution in [0.1, 0.15) is 62.0 Å². The second-order valence-corrected chi connectivity index (χ2v) is 10.6.